The van der Waals surface area contributed by atoms with E-state index >= 15 is 0 Å². The van der Waals surface area contributed by atoms with Crippen LogP contribution >= 0.6 is 0 Å². The summed E-state index contributed by atoms with van der Waals surface area (Å²) < 4.78 is 7.66. The highest BCUT2D eigenvalue weighted by Crippen LogP contribution is 2.36. The lowest BCUT2D eigenvalue weighted by Gasteiger charge is -2.24. The normalized spacial score (nSPS) is 11.1. The third kappa shape index (κ3) is 5.41. The number of benzene rings is 2. The zero-order valence-electron chi connectivity index (χ0n) is 21.7. The predicted octanol–water partition coefficient (Wildman–Crippen LogP) is 4.34. The molecule has 2 aromatic heterocycles. The van der Waals surface area contributed by atoms with Crippen LogP contribution in [-0.4, -0.2) is 66.7 Å². The number of hydrogen-bond donors (Lipinski definition) is 2. The molecule has 0 unspecified atom stereocenters. The van der Waals surface area contributed by atoms with Gasteiger partial charge in [-0.1, -0.05) is 18.2 Å². The van der Waals surface area contributed by atoms with Crippen molar-refractivity contribution >= 4 is 39.8 Å². The minimum Gasteiger partial charge on any atom is -0.493 e. The van der Waals surface area contributed by atoms with E-state index in [0.717, 1.165) is 46.6 Å². The van der Waals surface area contributed by atoms with E-state index in [2.05, 4.69) is 42.1 Å². The minimum atomic E-state index is -0.131. The maximum Gasteiger partial charge on any atom is 0.227 e. The van der Waals surface area contributed by atoms with E-state index in [1.807, 2.05) is 64.7 Å². The first kappa shape index (κ1) is 25.0. The van der Waals surface area contributed by atoms with Gasteiger partial charge in [0.15, 0.2) is 5.75 Å². The van der Waals surface area contributed by atoms with E-state index in [4.69, 9.17) is 9.72 Å². The molecule has 4 rings (SSSR count). The lowest BCUT2D eigenvalue weighted by atomic mass is 10.1. The fourth-order valence-corrected chi connectivity index (χ4v) is 4.14. The van der Waals surface area contributed by atoms with Crippen molar-refractivity contribution in [3.63, 3.8) is 0 Å². The van der Waals surface area contributed by atoms with E-state index in [1.54, 1.807) is 13.3 Å². The molecular weight excluding hydrogens is 454 g/mol. The molecule has 0 saturated carbocycles. The molecule has 0 aliphatic heterocycles. The van der Waals surface area contributed by atoms with E-state index < -0.39 is 0 Å². The molecule has 4 aromatic rings. The summed E-state index contributed by atoms with van der Waals surface area (Å²) in [4.78, 5) is 25.4. The van der Waals surface area contributed by atoms with Crippen molar-refractivity contribution in [2.45, 2.75) is 6.92 Å². The quantitative estimate of drug-likeness (QED) is 0.363. The number of fused-ring (bicyclic) bond motifs is 1. The van der Waals surface area contributed by atoms with Gasteiger partial charge in [0, 0.05) is 62.5 Å². The number of amides is 1. The van der Waals surface area contributed by atoms with Crippen LogP contribution in [0.2, 0.25) is 0 Å². The molecule has 9 heteroatoms. The second-order valence-electron chi connectivity index (χ2n) is 9.04. The van der Waals surface area contributed by atoms with Gasteiger partial charge in [-0.2, -0.15) is 0 Å². The standard InChI is InChI=1S/C27H33N7O2/c1-18(35)29-22-15-19(11-12-24(22)33(4)14-13-32(2)3)30-27-28-16-25(36-6)26(31-27)21-17-34(5)23-10-8-7-9-20(21)23/h7-12,15-17H,13-14H2,1-6H3,(H,29,35)(H,28,30,31). The Balaban J connectivity index is 1.68. The first-order valence-electron chi connectivity index (χ1n) is 11.8. The average Bonchev–Trinajstić information content (AvgIpc) is 3.19. The number of hydrogen-bond acceptors (Lipinski definition) is 7. The zero-order valence-corrected chi connectivity index (χ0v) is 21.7. The van der Waals surface area contributed by atoms with Crippen molar-refractivity contribution in [1.29, 1.82) is 0 Å². The molecular formula is C27H33N7O2. The molecule has 2 heterocycles. The van der Waals surface area contributed by atoms with Gasteiger partial charge in [-0.05, 0) is 38.4 Å². The summed E-state index contributed by atoms with van der Waals surface area (Å²) in [7, 11) is 9.72. The zero-order chi connectivity index (χ0) is 25.8. The highest BCUT2D eigenvalue weighted by atomic mass is 16.5. The van der Waals surface area contributed by atoms with Gasteiger partial charge in [-0.3, -0.25) is 4.79 Å². The molecule has 0 atom stereocenters. The van der Waals surface area contributed by atoms with Crippen LogP contribution in [0.25, 0.3) is 22.2 Å². The lowest BCUT2D eigenvalue weighted by Crippen LogP contribution is -2.29. The van der Waals surface area contributed by atoms with Gasteiger partial charge in [0.1, 0.15) is 5.69 Å². The first-order chi connectivity index (χ1) is 17.3. The number of nitrogens with one attached hydrogen (secondary N) is 2. The number of ether oxygens (including phenoxy) is 1. The highest BCUT2D eigenvalue weighted by Gasteiger charge is 2.17. The molecule has 0 spiro atoms. The Morgan fingerprint density at radius 3 is 2.61 bits per heavy atom. The molecule has 0 bridgehead atoms. The Labute approximate surface area is 211 Å². The molecule has 36 heavy (non-hydrogen) atoms. The molecule has 0 aliphatic rings. The SMILES string of the molecule is COc1cnc(Nc2ccc(N(C)CCN(C)C)c(NC(C)=O)c2)nc1-c1cn(C)c2ccccc12. The third-order valence-electron chi connectivity index (χ3n) is 5.98. The van der Waals surface area contributed by atoms with Crippen LogP contribution in [0.3, 0.4) is 0 Å². The fraction of sp³-hybridized carbons (Fsp3) is 0.296. The molecule has 9 nitrogen and oxygen atoms in total. The van der Waals surface area contributed by atoms with Crippen molar-refractivity contribution in [3.8, 4) is 17.0 Å². The average molecular weight is 488 g/mol. The molecule has 0 aliphatic carbocycles. The molecule has 1 amide bonds. The van der Waals surface area contributed by atoms with E-state index in [9.17, 15) is 4.79 Å². The molecule has 188 valence electrons. The summed E-state index contributed by atoms with van der Waals surface area (Å²) in [5, 5.41) is 7.32. The molecule has 2 N–H and O–H groups in total. The second-order valence-corrected chi connectivity index (χ2v) is 9.04. The maximum atomic E-state index is 11.9. The van der Waals surface area contributed by atoms with Gasteiger partial charge in [0.2, 0.25) is 11.9 Å². The van der Waals surface area contributed by atoms with Crippen molar-refractivity contribution < 1.29 is 9.53 Å². The number of carbonyl (C=O) groups excluding carboxylic acids is 1. The number of rotatable bonds is 9. The van der Waals surface area contributed by atoms with Crippen LogP contribution in [0.15, 0.2) is 54.9 Å². The summed E-state index contributed by atoms with van der Waals surface area (Å²) in [6.45, 7) is 3.22. The Morgan fingerprint density at radius 1 is 1.11 bits per heavy atom. The first-order valence-corrected chi connectivity index (χ1v) is 11.8. The lowest BCUT2D eigenvalue weighted by molar-refractivity contribution is -0.114. The van der Waals surface area contributed by atoms with Crippen LogP contribution in [0, 0.1) is 0 Å². The highest BCUT2D eigenvalue weighted by molar-refractivity contribution is 5.97. The summed E-state index contributed by atoms with van der Waals surface area (Å²) in [5.41, 5.74) is 5.19. The number of aryl methyl sites for hydroxylation is 1. The van der Waals surface area contributed by atoms with Gasteiger partial charge in [0.25, 0.3) is 0 Å². The van der Waals surface area contributed by atoms with E-state index in [1.165, 1.54) is 6.92 Å². The van der Waals surface area contributed by atoms with Crippen molar-refractivity contribution in [2.75, 3.05) is 56.9 Å². The Kier molecular flexibility index (Phi) is 7.40. The van der Waals surface area contributed by atoms with Gasteiger partial charge in [0.05, 0.1) is 24.7 Å². The number of methoxy groups -OCH3 is 1. The number of anilines is 4. The molecule has 2 aromatic carbocycles. The number of nitrogens with zero attached hydrogens (tertiary/aromatic N) is 5. The summed E-state index contributed by atoms with van der Waals surface area (Å²) in [6, 6.07) is 14.0. The number of para-hydroxylation sites is 1. The fourth-order valence-electron chi connectivity index (χ4n) is 4.14. The number of likely N-dealkylation sites (N-methyl/N-ethyl adjacent to an activating group) is 2. The van der Waals surface area contributed by atoms with Crippen LogP contribution < -0.4 is 20.3 Å². The topological polar surface area (TPSA) is 87.6 Å². The number of aromatic nitrogens is 3. The Bertz CT molecular complexity index is 1380. The van der Waals surface area contributed by atoms with Crippen molar-refractivity contribution in [1.82, 2.24) is 19.4 Å². The predicted molar refractivity (Wildman–Crippen MR) is 146 cm³/mol. The Hall–Kier alpha value is -4.11. The van der Waals surface area contributed by atoms with Crippen molar-refractivity contribution in [2.24, 2.45) is 7.05 Å². The molecule has 0 fully saturated rings. The third-order valence-corrected chi connectivity index (χ3v) is 5.98. The second kappa shape index (κ2) is 10.7. The van der Waals surface area contributed by atoms with E-state index in [-0.39, 0.29) is 5.91 Å². The molecule has 0 saturated heterocycles. The van der Waals surface area contributed by atoms with Crippen LogP contribution in [0.4, 0.5) is 23.0 Å². The van der Waals surface area contributed by atoms with Crippen LogP contribution in [0.5, 0.6) is 5.75 Å². The van der Waals surface area contributed by atoms with Crippen LogP contribution in [0.1, 0.15) is 6.92 Å². The Morgan fingerprint density at radius 2 is 1.89 bits per heavy atom. The van der Waals surface area contributed by atoms with Gasteiger partial charge < -0.3 is 29.7 Å². The van der Waals surface area contributed by atoms with E-state index in [0.29, 0.717) is 17.4 Å². The van der Waals surface area contributed by atoms with Gasteiger partial charge in [-0.25, -0.2) is 9.97 Å². The van der Waals surface area contributed by atoms with Crippen molar-refractivity contribution in [3.05, 3.63) is 54.9 Å². The monoisotopic (exact) mass is 487 g/mol. The maximum absolute atomic E-state index is 11.9. The summed E-state index contributed by atoms with van der Waals surface area (Å²) >= 11 is 0. The summed E-state index contributed by atoms with van der Waals surface area (Å²) in [5.74, 6) is 0.892. The summed E-state index contributed by atoms with van der Waals surface area (Å²) in [6.07, 6.45) is 3.72. The van der Waals surface area contributed by atoms with Crippen LogP contribution in [-0.2, 0) is 11.8 Å². The largest absolute Gasteiger partial charge is 0.493 e. The smallest absolute Gasteiger partial charge is 0.227 e. The minimum absolute atomic E-state index is 0.131. The molecule has 0 radical (unpaired) electrons. The van der Waals surface area contributed by atoms with Gasteiger partial charge in [-0.15, -0.1) is 0 Å². The number of carbonyl (C=O) groups is 1. The van der Waals surface area contributed by atoms with Gasteiger partial charge >= 0.3 is 0 Å².